The molecule has 0 aromatic heterocycles. The molecule has 1 rings (SSSR count). The summed E-state index contributed by atoms with van der Waals surface area (Å²) in [6.07, 6.45) is 2.34. The quantitative estimate of drug-likeness (QED) is 0.789. The summed E-state index contributed by atoms with van der Waals surface area (Å²) in [5.41, 5.74) is -0.500. The number of urea groups is 1. The van der Waals surface area contributed by atoms with Gasteiger partial charge in [0.05, 0.1) is 0 Å². The first-order chi connectivity index (χ1) is 8.25. The molecule has 1 aliphatic rings. The Morgan fingerprint density at radius 3 is 2.28 bits per heavy atom. The van der Waals surface area contributed by atoms with Crippen LogP contribution in [-0.4, -0.2) is 41.1 Å². The van der Waals surface area contributed by atoms with Gasteiger partial charge in [-0.3, -0.25) is 0 Å². The maximum atomic E-state index is 12.1. The summed E-state index contributed by atoms with van der Waals surface area (Å²) >= 11 is 0. The number of hydrogen-bond acceptors (Lipinski definition) is 2. The second-order valence-electron chi connectivity index (χ2n) is 6.07. The van der Waals surface area contributed by atoms with E-state index >= 15 is 0 Å². The van der Waals surface area contributed by atoms with Crippen molar-refractivity contribution in [3.63, 3.8) is 0 Å². The van der Waals surface area contributed by atoms with E-state index < -0.39 is 17.4 Å². The van der Waals surface area contributed by atoms with Crippen molar-refractivity contribution in [2.75, 3.05) is 13.1 Å². The number of carboxylic acid groups (broad SMARTS) is 1. The van der Waals surface area contributed by atoms with Crippen LogP contribution in [0.3, 0.4) is 0 Å². The van der Waals surface area contributed by atoms with Gasteiger partial charge < -0.3 is 15.3 Å². The van der Waals surface area contributed by atoms with Gasteiger partial charge in [-0.25, -0.2) is 9.59 Å². The molecular formula is C13H24N2O3. The van der Waals surface area contributed by atoms with Crippen molar-refractivity contribution < 1.29 is 14.7 Å². The molecule has 1 saturated carbocycles. The minimum Gasteiger partial charge on any atom is -0.480 e. The minimum atomic E-state index is -0.988. The molecule has 18 heavy (non-hydrogen) atoms. The molecule has 1 atom stereocenters. The number of nitrogens with one attached hydrogen (secondary N) is 1. The number of carbonyl (C=O) groups is 2. The van der Waals surface area contributed by atoms with E-state index in [1.807, 2.05) is 27.7 Å². The van der Waals surface area contributed by atoms with Crippen molar-refractivity contribution in [3.8, 4) is 0 Å². The highest BCUT2D eigenvalue weighted by atomic mass is 16.4. The van der Waals surface area contributed by atoms with Crippen LogP contribution in [0.5, 0.6) is 0 Å². The molecular weight excluding hydrogens is 232 g/mol. The highest BCUT2D eigenvalue weighted by Crippen LogP contribution is 2.29. The fourth-order valence-corrected chi connectivity index (χ4v) is 1.83. The second kappa shape index (κ2) is 5.59. The third kappa shape index (κ3) is 4.20. The average Bonchev–Trinajstić information content (AvgIpc) is 3.03. The SMILES string of the molecule is CCN(CC1CC1)C(=O)NC(C(=O)O)C(C)(C)C. The number of aliphatic carboxylic acids is 1. The minimum absolute atomic E-state index is 0.272. The van der Waals surface area contributed by atoms with Crippen LogP contribution >= 0.6 is 0 Å². The zero-order valence-corrected chi connectivity index (χ0v) is 11.7. The summed E-state index contributed by atoms with van der Waals surface area (Å²) in [7, 11) is 0. The number of nitrogens with zero attached hydrogens (tertiary/aromatic N) is 1. The van der Waals surface area contributed by atoms with Gasteiger partial charge in [-0.05, 0) is 31.1 Å². The Morgan fingerprint density at radius 1 is 1.39 bits per heavy atom. The molecule has 1 aliphatic carbocycles. The van der Waals surface area contributed by atoms with Crippen LogP contribution in [0.2, 0.25) is 0 Å². The molecule has 0 aromatic rings. The van der Waals surface area contributed by atoms with E-state index in [2.05, 4.69) is 5.32 Å². The van der Waals surface area contributed by atoms with Crippen LogP contribution in [0.4, 0.5) is 4.79 Å². The smallest absolute Gasteiger partial charge is 0.326 e. The third-order valence-corrected chi connectivity index (χ3v) is 3.23. The summed E-state index contributed by atoms with van der Waals surface area (Å²) < 4.78 is 0. The monoisotopic (exact) mass is 256 g/mol. The molecule has 1 unspecified atom stereocenters. The molecule has 0 radical (unpaired) electrons. The van der Waals surface area contributed by atoms with Gasteiger partial charge in [-0.15, -0.1) is 0 Å². The Morgan fingerprint density at radius 2 is 1.94 bits per heavy atom. The Bertz CT molecular complexity index is 319. The Kier molecular flexibility index (Phi) is 4.59. The van der Waals surface area contributed by atoms with Gasteiger partial charge in [-0.2, -0.15) is 0 Å². The van der Waals surface area contributed by atoms with E-state index in [0.717, 1.165) is 6.54 Å². The molecule has 0 heterocycles. The molecule has 104 valence electrons. The summed E-state index contributed by atoms with van der Waals surface area (Å²) in [6, 6.07) is -1.13. The van der Waals surface area contributed by atoms with E-state index in [4.69, 9.17) is 0 Å². The van der Waals surface area contributed by atoms with Gasteiger partial charge >= 0.3 is 12.0 Å². The zero-order valence-electron chi connectivity index (χ0n) is 11.7. The predicted molar refractivity (Wildman–Crippen MR) is 69.4 cm³/mol. The molecule has 5 heteroatoms. The number of carboxylic acids is 1. The van der Waals surface area contributed by atoms with Gasteiger partial charge in [0.2, 0.25) is 0 Å². The first kappa shape index (κ1) is 14.8. The lowest BCUT2D eigenvalue weighted by Crippen LogP contribution is -2.53. The van der Waals surface area contributed by atoms with Gasteiger partial charge in [0.15, 0.2) is 0 Å². The lowest BCUT2D eigenvalue weighted by atomic mass is 9.87. The maximum absolute atomic E-state index is 12.1. The van der Waals surface area contributed by atoms with Crippen LogP contribution in [0.15, 0.2) is 0 Å². The first-order valence-electron chi connectivity index (χ1n) is 6.54. The van der Waals surface area contributed by atoms with E-state index in [0.29, 0.717) is 12.5 Å². The molecule has 2 N–H and O–H groups in total. The van der Waals surface area contributed by atoms with Crippen LogP contribution in [0.25, 0.3) is 0 Å². The van der Waals surface area contributed by atoms with Crippen molar-refractivity contribution in [2.45, 2.75) is 46.6 Å². The lowest BCUT2D eigenvalue weighted by Gasteiger charge is -2.30. The standard InChI is InChI=1S/C13H24N2O3/c1-5-15(8-9-6-7-9)12(18)14-10(11(16)17)13(2,3)4/h9-10H,5-8H2,1-4H3,(H,14,18)(H,16,17). The normalized spacial score (nSPS) is 17.1. The highest BCUT2D eigenvalue weighted by Gasteiger charge is 2.34. The van der Waals surface area contributed by atoms with Crippen molar-refractivity contribution >= 4 is 12.0 Å². The fraction of sp³-hybridized carbons (Fsp3) is 0.846. The second-order valence-corrected chi connectivity index (χ2v) is 6.07. The molecule has 0 bridgehead atoms. The zero-order chi connectivity index (χ0) is 13.9. The van der Waals surface area contributed by atoms with Gasteiger partial charge in [-0.1, -0.05) is 20.8 Å². The van der Waals surface area contributed by atoms with Gasteiger partial charge in [0.25, 0.3) is 0 Å². The van der Waals surface area contributed by atoms with E-state index in [9.17, 15) is 14.7 Å². The van der Waals surface area contributed by atoms with Crippen molar-refractivity contribution in [3.05, 3.63) is 0 Å². The summed E-state index contributed by atoms with van der Waals surface area (Å²) in [4.78, 5) is 24.9. The maximum Gasteiger partial charge on any atom is 0.326 e. The number of rotatable bonds is 5. The molecule has 0 aromatic carbocycles. The third-order valence-electron chi connectivity index (χ3n) is 3.23. The number of amides is 2. The largest absolute Gasteiger partial charge is 0.480 e. The Balaban J connectivity index is 2.61. The van der Waals surface area contributed by atoms with Crippen LogP contribution in [0.1, 0.15) is 40.5 Å². The van der Waals surface area contributed by atoms with Crippen LogP contribution in [0, 0.1) is 11.3 Å². The molecule has 0 aliphatic heterocycles. The Labute approximate surface area is 109 Å². The molecule has 2 amide bonds. The average molecular weight is 256 g/mol. The number of carbonyl (C=O) groups excluding carboxylic acids is 1. The number of hydrogen-bond donors (Lipinski definition) is 2. The molecule has 5 nitrogen and oxygen atoms in total. The molecule has 0 spiro atoms. The Hall–Kier alpha value is -1.26. The van der Waals surface area contributed by atoms with Crippen molar-refractivity contribution in [2.24, 2.45) is 11.3 Å². The summed E-state index contributed by atoms with van der Waals surface area (Å²) in [5, 5.41) is 11.8. The molecule has 1 fully saturated rings. The summed E-state index contributed by atoms with van der Waals surface area (Å²) in [6.45, 7) is 8.68. The van der Waals surface area contributed by atoms with E-state index in [-0.39, 0.29) is 6.03 Å². The van der Waals surface area contributed by atoms with Crippen LogP contribution < -0.4 is 5.32 Å². The van der Waals surface area contributed by atoms with E-state index in [1.54, 1.807) is 4.90 Å². The van der Waals surface area contributed by atoms with Gasteiger partial charge in [0.1, 0.15) is 6.04 Å². The predicted octanol–water partition coefficient (Wildman–Crippen LogP) is 1.93. The van der Waals surface area contributed by atoms with E-state index in [1.165, 1.54) is 12.8 Å². The lowest BCUT2D eigenvalue weighted by molar-refractivity contribution is -0.142. The fourth-order valence-electron chi connectivity index (χ4n) is 1.83. The topological polar surface area (TPSA) is 69.6 Å². The van der Waals surface area contributed by atoms with Crippen molar-refractivity contribution in [1.29, 1.82) is 0 Å². The summed E-state index contributed by atoms with van der Waals surface area (Å²) in [5.74, 6) is -0.382. The van der Waals surface area contributed by atoms with Crippen molar-refractivity contribution in [1.82, 2.24) is 10.2 Å². The first-order valence-corrected chi connectivity index (χ1v) is 6.54. The van der Waals surface area contributed by atoms with Gasteiger partial charge in [0, 0.05) is 13.1 Å². The highest BCUT2D eigenvalue weighted by molar-refractivity contribution is 5.83. The molecule has 0 saturated heterocycles. The van der Waals surface area contributed by atoms with Crippen LogP contribution in [-0.2, 0) is 4.79 Å².